The fourth-order valence-corrected chi connectivity index (χ4v) is 2.11. The molecular formula is C9H8ClF2NO2S. The van der Waals surface area contributed by atoms with Gasteiger partial charge in [-0.25, -0.2) is 8.78 Å². The lowest BCUT2D eigenvalue weighted by Gasteiger charge is -2.07. The predicted molar refractivity (Wildman–Crippen MR) is 59.5 cm³/mol. The molecule has 0 spiro atoms. The summed E-state index contributed by atoms with van der Waals surface area (Å²) in [4.78, 5) is 10.1. The number of thioether (sulfide) groups is 1. The summed E-state index contributed by atoms with van der Waals surface area (Å²) in [6.07, 6.45) is -2.72. The zero-order chi connectivity index (χ0) is 12.1. The van der Waals surface area contributed by atoms with Gasteiger partial charge in [-0.3, -0.25) is 10.1 Å². The van der Waals surface area contributed by atoms with Gasteiger partial charge in [-0.2, -0.15) is 0 Å². The third kappa shape index (κ3) is 3.31. The quantitative estimate of drug-likeness (QED) is 0.352. The van der Waals surface area contributed by atoms with E-state index in [1.54, 1.807) is 0 Å². The summed E-state index contributed by atoms with van der Waals surface area (Å²) in [5, 5.41) is 10.4. The normalized spacial score (nSPS) is 10.8. The first-order chi connectivity index (χ1) is 7.56. The zero-order valence-electron chi connectivity index (χ0n) is 8.03. The number of nitro groups is 1. The average Bonchev–Trinajstić information content (AvgIpc) is 2.25. The Kier molecular flexibility index (Phi) is 4.95. The smallest absolute Gasteiger partial charge is 0.258 e. The van der Waals surface area contributed by atoms with Crippen molar-refractivity contribution in [2.45, 2.75) is 11.3 Å². The Morgan fingerprint density at radius 1 is 1.50 bits per heavy atom. The molecule has 88 valence electrons. The molecule has 1 rings (SSSR count). The molecule has 0 bridgehead atoms. The van der Waals surface area contributed by atoms with Crippen molar-refractivity contribution in [1.29, 1.82) is 0 Å². The zero-order valence-corrected chi connectivity index (χ0v) is 9.60. The molecule has 0 aliphatic carbocycles. The maximum absolute atomic E-state index is 12.6. The molecule has 0 N–H and O–H groups in total. The lowest BCUT2D eigenvalue weighted by Crippen LogP contribution is -1.94. The van der Waals surface area contributed by atoms with Gasteiger partial charge in [-0.05, 0) is 6.07 Å². The standard InChI is InChI=1S/C9H8ClF2NO2S/c10-3-4-16-8-2-1-6(13(14)15)5-7(8)9(11)12/h1-2,5,9H,3-4H2. The van der Waals surface area contributed by atoms with Gasteiger partial charge in [0, 0.05) is 34.2 Å². The Hall–Kier alpha value is -0.880. The topological polar surface area (TPSA) is 43.1 Å². The summed E-state index contributed by atoms with van der Waals surface area (Å²) in [5.74, 6) is 0.823. The SMILES string of the molecule is O=[N+]([O-])c1ccc(SCCCl)c(C(F)F)c1. The van der Waals surface area contributed by atoms with Crippen molar-refractivity contribution in [3.05, 3.63) is 33.9 Å². The van der Waals surface area contributed by atoms with Crippen molar-refractivity contribution >= 4 is 29.1 Å². The number of hydrogen-bond acceptors (Lipinski definition) is 3. The van der Waals surface area contributed by atoms with E-state index in [4.69, 9.17) is 11.6 Å². The Labute approximate surface area is 99.9 Å². The fourth-order valence-electron chi connectivity index (χ4n) is 1.10. The highest BCUT2D eigenvalue weighted by atomic mass is 35.5. The molecule has 0 unspecified atom stereocenters. The van der Waals surface area contributed by atoms with E-state index in [2.05, 4.69) is 0 Å². The van der Waals surface area contributed by atoms with Crippen LogP contribution in [0.15, 0.2) is 23.1 Å². The van der Waals surface area contributed by atoms with E-state index in [0.717, 1.165) is 17.8 Å². The molecule has 0 aliphatic heterocycles. The summed E-state index contributed by atoms with van der Waals surface area (Å²) in [7, 11) is 0. The molecule has 0 heterocycles. The van der Waals surface area contributed by atoms with Crippen LogP contribution in [-0.2, 0) is 0 Å². The second-order valence-corrected chi connectivity index (χ2v) is 4.33. The lowest BCUT2D eigenvalue weighted by molar-refractivity contribution is -0.385. The molecule has 3 nitrogen and oxygen atoms in total. The minimum absolute atomic E-state index is 0.315. The molecule has 1 aromatic carbocycles. The summed E-state index contributed by atoms with van der Waals surface area (Å²) in [5.41, 5.74) is -0.644. The van der Waals surface area contributed by atoms with E-state index >= 15 is 0 Å². The van der Waals surface area contributed by atoms with Crippen molar-refractivity contribution in [1.82, 2.24) is 0 Å². The third-order valence-corrected chi connectivity index (χ3v) is 3.28. The second-order valence-electron chi connectivity index (χ2n) is 2.82. The van der Waals surface area contributed by atoms with E-state index in [9.17, 15) is 18.9 Å². The average molecular weight is 268 g/mol. The molecule has 16 heavy (non-hydrogen) atoms. The van der Waals surface area contributed by atoms with E-state index in [1.165, 1.54) is 12.1 Å². The van der Waals surface area contributed by atoms with Gasteiger partial charge < -0.3 is 0 Å². The Balaban J connectivity index is 3.04. The Bertz CT molecular complexity index is 390. The van der Waals surface area contributed by atoms with Gasteiger partial charge in [-0.1, -0.05) is 0 Å². The molecule has 0 fully saturated rings. The van der Waals surface area contributed by atoms with Crippen molar-refractivity contribution in [2.24, 2.45) is 0 Å². The van der Waals surface area contributed by atoms with Gasteiger partial charge in [0.25, 0.3) is 12.1 Å². The maximum Gasteiger partial charge on any atom is 0.269 e. The van der Waals surface area contributed by atoms with Crippen molar-refractivity contribution < 1.29 is 13.7 Å². The number of halogens is 3. The van der Waals surface area contributed by atoms with Gasteiger partial charge in [0.2, 0.25) is 0 Å². The molecular weight excluding hydrogens is 260 g/mol. The van der Waals surface area contributed by atoms with E-state index < -0.39 is 11.3 Å². The number of nitrogens with zero attached hydrogens (tertiary/aromatic N) is 1. The monoisotopic (exact) mass is 267 g/mol. The van der Waals surface area contributed by atoms with Crippen LogP contribution in [0.2, 0.25) is 0 Å². The summed E-state index contributed by atoms with van der Waals surface area (Å²) in [6.45, 7) is 0. The van der Waals surface area contributed by atoms with Crippen molar-refractivity contribution in [3.8, 4) is 0 Å². The number of rotatable bonds is 5. The van der Waals surface area contributed by atoms with E-state index in [-0.39, 0.29) is 11.3 Å². The number of alkyl halides is 3. The minimum atomic E-state index is -2.72. The summed E-state index contributed by atoms with van der Waals surface area (Å²) < 4.78 is 25.3. The fraction of sp³-hybridized carbons (Fsp3) is 0.333. The molecule has 0 saturated heterocycles. The largest absolute Gasteiger partial charge is 0.269 e. The van der Waals surface area contributed by atoms with Gasteiger partial charge in [0.05, 0.1) is 4.92 Å². The van der Waals surface area contributed by atoms with Crippen LogP contribution < -0.4 is 0 Å². The van der Waals surface area contributed by atoms with E-state index in [0.29, 0.717) is 16.5 Å². The highest BCUT2D eigenvalue weighted by Gasteiger charge is 2.17. The van der Waals surface area contributed by atoms with Crippen LogP contribution in [0.1, 0.15) is 12.0 Å². The van der Waals surface area contributed by atoms with Crippen molar-refractivity contribution in [2.75, 3.05) is 11.6 Å². The molecule has 0 radical (unpaired) electrons. The molecule has 0 atom stereocenters. The predicted octanol–water partition coefficient (Wildman–Crippen LogP) is 3.86. The van der Waals surface area contributed by atoms with Gasteiger partial charge in [-0.15, -0.1) is 23.4 Å². The molecule has 0 saturated carbocycles. The molecule has 0 aromatic heterocycles. The first-order valence-corrected chi connectivity index (χ1v) is 5.83. The molecule has 0 aliphatic rings. The van der Waals surface area contributed by atoms with Crippen LogP contribution in [0.3, 0.4) is 0 Å². The number of non-ortho nitro benzene ring substituents is 1. The lowest BCUT2D eigenvalue weighted by atomic mass is 10.2. The van der Waals surface area contributed by atoms with Crippen LogP contribution in [0.25, 0.3) is 0 Å². The summed E-state index contributed by atoms with van der Waals surface area (Å²) in [6, 6.07) is 3.44. The van der Waals surface area contributed by atoms with Crippen molar-refractivity contribution in [3.63, 3.8) is 0 Å². The molecule has 7 heteroatoms. The van der Waals surface area contributed by atoms with Crippen LogP contribution >= 0.6 is 23.4 Å². The van der Waals surface area contributed by atoms with Crippen LogP contribution in [0.5, 0.6) is 0 Å². The van der Waals surface area contributed by atoms with Gasteiger partial charge in [0.1, 0.15) is 0 Å². The third-order valence-electron chi connectivity index (χ3n) is 1.77. The number of hydrogen-bond donors (Lipinski definition) is 0. The Morgan fingerprint density at radius 2 is 2.19 bits per heavy atom. The maximum atomic E-state index is 12.6. The first-order valence-electron chi connectivity index (χ1n) is 4.31. The van der Waals surface area contributed by atoms with Crippen LogP contribution in [0, 0.1) is 10.1 Å². The van der Waals surface area contributed by atoms with Crippen LogP contribution in [-0.4, -0.2) is 16.6 Å². The highest BCUT2D eigenvalue weighted by molar-refractivity contribution is 7.99. The van der Waals surface area contributed by atoms with Crippen LogP contribution in [0.4, 0.5) is 14.5 Å². The summed E-state index contributed by atoms with van der Waals surface area (Å²) >= 11 is 6.61. The first kappa shape index (κ1) is 13.2. The van der Waals surface area contributed by atoms with Gasteiger partial charge in [0.15, 0.2) is 0 Å². The Morgan fingerprint density at radius 3 is 2.69 bits per heavy atom. The minimum Gasteiger partial charge on any atom is -0.258 e. The highest BCUT2D eigenvalue weighted by Crippen LogP contribution is 2.33. The second kappa shape index (κ2) is 6.00. The molecule has 1 aromatic rings. The number of nitro benzene ring substituents is 1. The van der Waals surface area contributed by atoms with Gasteiger partial charge >= 0.3 is 0 Å². The molecule has 0 amide bonds. The number of benzene rings is 1. The van der Waals surface area contributed by atoms with E-state index in [1.807, 2.05) is 0 Å².